The maximum absolute atomic E-state index is 4.50. The molecule has 102 valence electrons. The van der Waals surface area contributed by atoms with Crippen LogP contribution in [-0.4, -0.2) is 7.05 Å². The van der Waals surface area contributed by atoms with Crippen LogP contribution >= 0.6 is 0 Å². The molecule has 1 aromatic carbocycles. The minimum atomic E-state index is 1.30. The molecule has 0 radical (unpaired) electrons. The second-order valence-corrected chi connectivity index (χ2v) is 5.10. The van der Waals surface area contributed by atoms with Crippen LogP contribution in [0, 0.1) is 0 Å². The molecule has 18 heavy (non-hydrogen) atoms. The number of benzene rings is 1. The Labute approximate surface area is 113 Å². The molecular formula is C17H29N. The van der Waals surface area contributed by atoms with E-state index in [1.54, 1.807) is 11.1 Å². The Morgan fingerprint density at radius 1 is 0.611 bits per heavy atom. The molecule has 1 nitrogen and oxygen atoms in total. The summed E-state index contributed by atoms with van der Waals surface area (Å²) in [6, 6.07) is 8.80. The van der Waals surface area contributed by atoms with Gasteiger partial charge in [-0.15, -0.1) is 0 Å². The highest BCUT2D eigenvalue weighted by molar-refractivity contribution is 5.28. The van der Waals surface area contributed by atoms with E-state index in [-0.39, 0.29) is 0 Å². The molecule has 1 heteroatoms. The maximum atomic E-state index is 4.50. The number of nitrogens with two attached hydrogens (primary N) is 1. The Balaban J connectivity index is 0.000000174. The van der Waals surface area contributed by atoms with Crippen molar-refractivity contribution in [3.05, 3.63) is 35.4 Å². The van der Waals surface area contributed by atoms with Gasteiger partial charge in [0.2, 0.25) is 0 Å². The second kappa shape index (κ2) is 10.1. The van der Waals surface area contributed by atoms with Crippen LogP contribution in [-0.2, 0) is 12.8 Å². The first kappa shape index (κ1) is 15.2. The van der Waals surface area contributed by atoms with Crippen molar-refractivity contribution in [3.63, 3.8) is 0 Å². The fourth-order valence-electron chi connectivity index (χ4n) is 2.74. The van der Waals surface area contributed by atoms with Gasteiger partial charge in [-0.3, -0.25) is 0 Å². The molecule has 2 aliphatic rings. The lowest BCUT2D eigenvalue weighted by Gasteiger charge is -2.13. The van der Waals surface area contributed by atoms with E-state index in [1.165, 1.54) is 71.3 Å². The fourth-order valence-corrected chi connectivity index (χ4v) is 2.74. The van der Waals surface area contributed by atoms with Gasteiger partial charge in [0.1, 0.15) is 0 Å². The second-order valence-electron chi connectivity index (χ2n) is 5.10. The molecule has 0 aliphatic heterocycles. The first-order chi connectivity index (χ1) is 8.97. The Bertz CT molecular complexity index is 266. The summed E-state index contributed by atoms with van der Waals surface area (Å²) in [7, 11) is 1.50. The van der Waals surface area contributed by atoms with Gasteiger partial charge >= 0.3 is 0 Å². The average molecular weight is 247 g/mol. The van der Waals surface area contributed by atoms with Gasteiger partial charge in [-0.25, -0.2) is 0 Å². The van der Waals surface area contributed by atoms with E-state index in [2.05, 4.69) is 30.0 Å². The van der Waals surface area contributed by atoms with Gasteiger partial charge < -0.3 is 5.73 Å². The predicted octanol–water partition coefficient (Wildman–Crippen LogP) is 4.48. The molecule has 1 saturated carbocycles. The molecule has 0 atom stereocenters. The van der Waals surface area contributed by atoms with Gasteiger partial charge in [0, 0.05) is 0 Å². The zero-order chi connectivity index (χ0) is 13.1. The molecule has 0 spiro atoms. The van der Waals surface area contributed by atoms with Crippen LogP contribution in [0.25, 0.3) is 0 Å². The minimum absolute atomic E-state index is 1.30. The van der Waals surface area contributed by atoms with Crippen molar-refractivity contribution in [1.82, 2.24) is 0 Å². The van der Waals surface area contributed by atoms with E-state index >= 15 is 0 Å². The van der Waals surface area contributed by atoms with Crippen molar-refractivity contribution in [2.75, 3.05) is 7.05 Å². The van der Waals surface area contributed by atoms with Gasteiger partial charge in [-0.05, 0) is 43.9 Å². The number of hydrogen-bond acceptors (Lipinski definition) is 1. The van der Waals surface area contributed by atoms with Gasteiger partial charge in [-0.1, -0.05) is 62.8 Å². The summed E-state index contributed by atoms with van der Waals surface area (Å²) in [4.78, 5) is 0. The zero-order valence-corrected chi connectivity index (χ0v) is 12.0. The molecular weight excluding hydrogens is 218 g/mol. The lowest BCUT2D eigenvalue weighted by molar-refractivity contribution is 0.504. The summed E-state index contributed by atoms with van der Waals surface area (Å²) in [5, 5.41) is 0. The van der Waals surface area contributed by atoms with Crippen molar-refractivity contribution < 1.29 is 0 Å². The Morgan fingerprint density at radius 3 is 1.28 bits per heavy atom. The highest BCUT2D eigenvalue weighted by Gasteiger charge is 2.05. The van der Waals surface area contributed by atoms with Gasteiger partial charge in [0.05, 0.1) is 0 Å². The van der Waals surface area contributed by atoms with Crippen molar-refractivity contribution in [2.45, 2.75) is 64.2 Å². The normalized spacial score (nSPS) is 17.4. The molecule has 1 aromatic rings. The summed E-state index contributed by atoms with van der Waals surface area (Å²) in [5.41, 5.74) is 7.66. The van der Waals surface area contributed by atoms with Crippen LogP contribution in [0.2, 0.25) is 0 Å². The minimum Gasteiger partial charge on any atom is -0.333 e. The Hall–Kier alpha value is -0.820. The summed E-state index contributed by atoms with van der Waals surface area (Å²) < 4.78 is 0. The molecule has 0 bridgehead atoms. The quantitative estimate of drug-likeness (QED) is 0.718. The lowest BCUT2D eigenvalue weighted by Crippen LogP contribution is -2.00. The zero-order valence-electron chi connectivity index (χ0n) is 12.0. The summed E-state index contributed by atoms with van der Waals surface area (Å²) in [5.74, 6) is 0. The largest absolute Gasteiger partial charge is 0.333 e. The van der Waals surface area contributed by atoms with Gasteiger partial charge in [0.25, 0.3) is 0 Å². The van der Waals surface area contributed by atoms with E-state index in [9.17, 15) is 0 Å². The van der Waals surface area contributed by atoms with Crippen molar-refractivity contribution in [3.8, 4) is 0 Å². The van der Waals surface area contributed by atoms with Crippen LogP contribution in [0.3, 0.4) is 0 Å². The third kappa shape index (κ3) is 5.68. The first-order valence-corrected chi connectivity index (χ1v) is 7.61. The summed E-state index contributed by atoms with van der Waals surface area (Å²) in [6.07, 6.45) is 14.4. The standard InChI is InChI=1S/C10H12.C6H12.CH5N/c1-2-6-10-8-4-3-7-9(10)5-1;1-2-4-6-5-3-1;1-2/h1-2,5-6H,3-4,7-8H2;1-6H2;2H2,1H3. The Kier molecular flexibility index (Phi) is 8.58. The maximum Gasteiger partial charge on any atom is -0.0195 e. The van der Waals surface area contributed by atoms with Crippen LogP contribution in [0.1, 0.15) is 62.5 Å². The van der Waals surface area contributed by atoms with E-state index in [0.717, 1.165) is 0 Å². The molecule has 0 amide bonds. The molecule has 3 rings (SSSR count). The van der Waals surface area contributed by atoms with Crippen LogP contribution in [0.4, 0.5) is 0 Å². The fraction of sp³-hybridized carbons (Fsp3) is 0.647. The molecule has 0 unspecified atom stereocenters. The molecule has 2 N–H and O–H groups in total. The molecule has 1 fully saturated rings. The molecule has 0 saturated heterocycles. The highest BCUT2D eigenvalue weighted by atomic mass is 14.4. The third-order valence-corrected chi connectivity index (χ3v) is 3.76. The topological polar surface area (TPSA) is 26.0 Å². The van der Waals surface area contributed by atoms with Crippen molar-refractivity contribution in [1.29, 1.82) is 0 Å². The predicted molar refractivity (Wildman–Crippen MR) is 80.9 cm³/mol. The number of rotatable bonds is 0. The molecule has 2 aliphatic carbocycles. The van der Waals surface area contributed by atoms with E-state index < -0.39 is 0 Å². The average Bonchev–Trinajstić information content (AvgIpc) is 2.52. The van der Waals surface area contributed by atoms with E-state index in [0.29, 0.717) is 0 Å². The highest BCUT2D eigenvalue weighted by Crippen LogP contribution is 2.19. The number of fused-ring (bicyclic) bond motifs is 1. The van der Waals surface area contributed by atoms with Crippen molar-refractivity contribution in [2.24, 2.45) is 5.73 Å². The van der Waals surface area contributed by atoms with Gasteiger partial charge in [-0.2, -0.15) is 0 Å². The van der Waals surface area contributed by atoms with Crippen LogP contribution < -0.4 is 5.73 Å². The van der Waals surface area contributed by atoms with E-state index in [1.807, 2.05) is 0 Å². The number of aryl methyl sites for hydroxylation is 2. The van der Waals surface area contributed by atoms with E-state index in [4.69, 9.17) is 0 Å². The Morgan fingerprint density at radius 2 is 0.944 bits per heavy atom. The lowest BCUT2D eigenvalue weighted by atomic mass is 9.92. The summed E-state index contributed by atoms with van der Waals surface area (Å²) >= 11 is 0. The van der Waals surface area contributed by atoms with Crippen LogP contribution in [0.5, 0.6) is 0 Å². The molecule has 0 heterocycles. The smallest absolute Gasteiger partial charge is 0.0195 e. The number of hydrogen-bond donors (Lipinski definition) is 1. The van der Waals surface area contributed by atoms with Crippen molar-refractivity contribution >= 4 is 0 Å². The first-order valence-electron chi connectivity index (χ1n) is 7.61. The van der Waals surface area contributed by atoms with Crippen LogP contribution in [0.15, 0.2) is 24.3 Å². The SMILES string of the molecule is C1CCCCC1.CN.c1ccc2c(c1)CCCC2. The van der Waals surface area contributed by atoms with Gasteiger partial charge in [0.15, 0.2) is 0 Å². The third-order valence-electron chi connectivity index (χ3n) is 3.76. The monoisotopic (exact) mass is 247 g/mol. The summed E-state index contributed by atoms with van der Waals surface area (Å²) in [6.45, 7) is 0. The molecule has 0 aromatic heterocycles.